The lowest BCUT2D eigenvalue weighted by molar-refractivity contribution is 0.399. The molecule has 0 aliphatic heterocycles. The largest absolute Gasteiger partial charge is 0.359 e. The lowest BCUT2D eigenvalue weighted by atomic mass is 10.1. The fourth-order valence-electron chi connectivity index (χ4n) is 4.58. The number of thiophene rings is 1. The van der Waals surface area contributed by atoms with Gasteiger partial charge in [-0.15, -0.1) is 11.3 Å². The quantitative estimate of drug-likeness (QED) is 0.248. The number of hydrogen-bond acceptors (Lipinski definition) is 7. The van der Waals surface area contributed by atoms with Crippen molar-refractivity contribution in [1.29, 1.82) is 0 Å². The van der Waals surface area contributed by atoms with Crippen LogP contribution in [0.25, 0.3) is 22.0 Å². The summed E-state index contributed by atoms with van der Waals surface area (Å²) in [7, 11) is -3.89. The molecule has 0 unspecified atom stereocenters. The highest BCUT2D eigenvalue weighted by atomic mass is 32.2. The zero-order valence-corrected chi connectivity index (χ0v) is 24.2. The van der Waals surface area contributed by atoms with Crippen molar-refractivity contribution in [3.8, 4) is 11.1 Å². The summed E-state index contributed by atoms with van der Waals surface area (Å²) in [5.74, 6) is 0.748. The van der Waals surface area contributed by atoms with Crippen molar-refractivity contribution in [1.82, 2.24) is 14.7 Å². The second-order valence-electron chi connectivity index (χ2n) is 9.53. The molecule has 5 aromatic rings. The van der Waals surface area contributed by atoms with Crippen molar-refractivity contribution in [3.63, 3.8) is 0 Å². The molecular weight excluding hydrogens is 532 g/mol. The molecule has 1 N–H and O–H groups in total. The Kier molecular flexibility index (Phi) is 7.17. The molecule has 5 rings (SSSR count). The number of pyridine rings is 2. The minimum absolute atomic E-state index is 0.0758. The predicted molar refractivity (Wildman–Crippen MR) is 155 cm³/mol. The van der Waals surface area contributed by atoms with Crippen LogP contribution < -0.4 is 10.3 Å². The van der Waals surface area contributed by atoms with E-state index in [-0.39, 0.29) is 15.6 Å². The molecule has 4 aromatic heterocycles. The Morgan fingerprint density at radius 1 is 1.00 bits per heavy atom. The lowest BCUT2D eigenvalue weighted by Gasteiger charge is -2.14. The van der Waals surface area contributed by atoms with Gasteiger partial charge in [0.1, 0.15) is 9.97 Å². The van der Waals surface area contributed by atoms with E-state index in [0.29, 0.717) is 23.4 Å². The fraction of sp³-hybridized carbons (Fsp3) is 0.276. The molecule has 0 fully saturated rings. The Hall–Kier alpha value is -3.76. The van der Waals surface area contributed by atoms with E-state index in [1.54, 1.807) is 24.5 Å². The van der Waals surface area contributed by atoms with Gasteiger partial charge < -0.3 is 9.09 Å². The van der Waals surface area contributed by atoms with Crippen molar-refractivity contribution < 1.29 is 12.9 Å². The number of aryl methyl sites for hydroxylation is 4. The van der Waals surface area contributed by atoms with Gasteiger partial charge in [-0.1, -0.05) is 43.3 Å². The molecule has 1 aromatic carbocycles. The number of rotatable bonds is 8. The second-order valence-corrected chi connectivity index (χ2v) is 12.7. The van der Waals surface area contributed by atoms with Crippen LogP contribution in [-0.4, -0.2) is 23.1 Å². The van der Waals surface area contributed by atoms with Crippen molar-refractivity contribution in [3.05, 3.63) is 92.0 Å². The molecule has 0 saturated heterocycles. The molecule has 0 saturated carbocycles. The summed E-state index contributed by atoms with van der Waals surface area (Å²) >= 11 is 1.20. The third kappa shape index (κ3) is 5.14. The Morgan fingerprint density at radius 2 is 1.74 bits per heavy atom. The van der Waals surface area contributed by atoms with Gasteiger partial charge in [0.15, 0.2) is 5.82 Å². The smallest absolute Gasteiger partial charge is 0.273 e. The van der Waals surface area contributed by atoms with E-state index in [1.165, 1.54) is 11.3 Å². The van der Waals surface area contributed by atoms with Gasteiger partial charge in [-0.2, -0.15) is 0 Å². The van der Waals surface area contributed by atoms with Crippen LogP contribution in [0, 0.1) is 20.8 Å². The van der Waals surface area contributed by atoms with Gasteiger partial charge in [0.05, 0.1) is 12.1 Å². The molecule has 10 heteroatoms. The van der Waals surface area contributed by atoms with Gasteiger partial charge in [0, 0.05) is 38.8 Å². The Balaban J connectivity index is 1.49. The van der Waals surface area contributed by atoms with E-state index >= 15 is 0 Å². The minimum atomic E-state index is -3.89. The number of nitrogens with one attached hydrogen (secondary N) is 1. The summed E-state index contributed by atoms with van der Waals surface area (Å²) < 4.78 is 36.3. The number of aromatic nitrogens is 3. The van der Waals surface area contributed by atoms with Gasteiger partial charge in [0.2, 0.25) is 0 Å². The average molecular weight is 563 g/mol. The summed E-state index contributed by atoms with van der Waals surface area (Å²) in [5, 5.41) is 4.83. The molecule has 202 valence electrons. The van der Waals surface area contributed by atoms with Crippen LogP contribution in [0.3, 0.4) is 0 Å². The monoisotopic (exact) mass is 562 g/mol. The number of anilines is 1. The molecule has 0 bridgehead atoms. The molecule has 0 amide bonds. The number of nitrogens with zero attached hydrogens (tertiary/aromatic N) is 3. The zero-order valence-electron chi connectivity index (χ0n) is 22.5. The maximum Gasteiger partial charge on any atom is 0.273 e. The van der Waals surface area contributed by atoms with Crippen molar-refractivity contribution in [2.75, 3.05) is 4.72 Å². The first-order valence-corrected chi connectivity index (χ1v) is 15.1. The van der Waals surface area contributed by atoms with E-state index < -0.39 is 10.0 Å². The second kappa shape index (κ2) is 10.4. The summed E-state index contributed by atoms with van der Waals surface area (Å²) in [6, 6.07) is 15.0. The molecule has 0 radical (unpaired) electrons. The Morgan fingerprint density at radius 3 is 2.38 bits per heavy atom. The van der Waals surface area contributed by atoms with Gasteiger partial charge >= 0.3 is 0 Å². The summed E-state index contributed by atoms with van der Waals surface area (Å²) in [5.41, 5.74) is 5.71. The van der Waals surface area contributed by atoms with E-state index in [1.807, 2.05) is 49.4 Å². The third-order valence-corrected chi connectivity index (χ3v) is 9.80. The van der Waals surface area contributed by atoms with E-state index in [2.05, 4.69) is 23.7 Å². The van der Waals surface area contributed by atoms with Gasteiger partial charge in [0.25, 0.3) is 15.6 Å². The first-order chi connectivity index (χ1) is 18.6. The highest BCUT2D eigenvalue weighted by Gasteiger charge is 2.25. The number of hydrogen-bond donors (Lipinski definition) is 1. The predicted octanol–water partition coefficient (Wildman–Crippen LogP) is 6.01. The highest BCUT2D eigenvalue weighted by molar-refractivity contribution is 7.94. The maximum atomic E-state index is 13.3. The molecule has 0 spiro atoms. The van der Waals surface area contributed by atoms with E-state index in [0.717, 1.165) is 51.1 Å². The topological polar surface area (TPSA) is 107 Å². The van der Waals surface area contributed by atoms with E-state index in [4.69, 9.17) is 9.51 Å². The van der Waals surface area contributed by atoms with Crippen molar-refractivity contribution in [2.45, 2.75) is 58.2 Å². The standard InChI is InChI=1S/C29H30N4O4S2/c1-6-22-15-26-23(25(7-2)30-22)12-13-27(34)33(26)16-20-8-10-21(11-9-20)24-14-17(3)38-29(24)39(35,36)32-28-18(4)19(5)37-31-28/h8-15H,6-7,16H2,1-5H3,(H,31,32). The molecule has 0 aliphatic rings. The number of sulfonamides is 1. The molecular formula is C29H30N4O4S2. The van der Waals surface area contributed by atoms with Crippen LogP contribution in [0.4, 0.5) is 5.82 Å². The first kappa shape index (κ1) is 26.8. The van der Waals surface area contributed by atoms with Gasteiger partial charge in [-0.05, 0) is 62.9 Å². The summed E-state index contributed by atoms with van der Waals surface area (Å²) in [4.78, 5) is 18.5. The van der Waals surface area contributed by atoms with Crippen LogP contribution in [0.2, 0.25) is 0 Å². The number of fused-ring (bicyclic) bond motifs is 1. The maximum absolute atomic E-state index is 13.3. The van der Waals surface area contributed by atoms with Crippen molar-refractivity contribution >= 4 is 38.1 Å². The van der Waals surface area contributed by atoms with E-state index in [9.17, 15) is 13.2 Å². The molecule has 39 heavy (non-hydrogen) atoms. The molecule has 0 aliphatic carbocycles. The Labute approximate surface area is 231 Å². The van der Waals surface area contributed by atoms with Gasteiger partial charge in [-0.3, -0.25) is 14.5 Å². The van der Waals surface area contributed by atoms with Crippen LogP contribution in [0.15, 0.2) is 62.1 Å². The molecule has 0 atom stereocenters. The lowest BCUT2D eigenvalue weighted by Crippen LogP contribution is -2.20. The minimum Gasteiger partial charge on any atom is -0.359 e. The average Bonchev–Trinajstić information content (AvgIpc) is 3.47. The molecule has 8 nitrogen and oxygen atoms in total. The number of benzene rings is 1. The summed E-state index contributed by atoms with van der Waals surface area (Å²) in [6.07, 6.45) is 1.57. The van der Waals surface area contributed by atoms with Crippen molar-refractivity contribution in [2.24, 2.45) is 0 Å². The van der Waals surface area contributed by atoms with Gasteiger partial charge in [-0.25, -0.2) is 8.42 Å². The normalized spacial score (nSPS) is 11.8. The van der Waals surface area contributed by atoms with Crippen LogP contribution in [-0.2, 0) is 29.4 Å². The van der Waals surface area contributed by atoms with Crippen LogP contribution in [0.1, 0.15) is 47.0 Å². The zero-order chi connectivity index (χ0) is 27.9. The molecule has 4 heterocycles. The third-order valence-electron chi connectivity index (χ3n) is 6.87. The van der Waals surface area contributed by atoms with Crippen LogP contribution in [0.5, 0.6) is 0 Å². The SMILES string of the molecule is CCc1cc2c(ccc(=O)n2Cc2ccc(-c3cc(C)sc3S(=O)(=O)Nc3noc(C)c3C)cc2)c(CC)n1. The van der Waals surface area contributed by atoms with Crippen LogP contribution >= 0.6 is 11.3 Å². The highest BCUT2D eigenvalue weighted by Crippen LogP contribution is 2.36. The first-order valence-electron chi connectivity index (χ1n) is 12.8. The fourth-order valence-corrected chi connectivity index (χ4v) is 7.30. The Bertz CT molecular complexity index is 1850. The summed E-state index contributed by atoms with van der Waals surface area (Å²) in [6.45, 7) is 9.89.